The molecule has 0 aromatic carbocycles. The molecule has 1 aromatic rings. The lowest BCUT2D eigenvalue weighted by Gasteiger charge is -2.14. The lowest BCUT2D eigenvalue weighted by atomic mass is 10.3. The zero-order chi connectivity index (χ0) is 11.6. The molecule has 0 saturated heterocycles. The fraction of sp³-hybridized carbons (Fsp3) is 0.429. The van der Waals surface area contributed by atoms with E-state index in [1.165, 1.54) is 6.92 Å². The topological polar surface area (TPSA) is 73.1 Å². The van der Waals surface area contributed by atoms with Crippen LogP contribution in [0.15, 0.2) is 0 Å². The van der Waals surface area contributed by atoms with Crippen molar-refractivity contribution in [2.75, 3.05) is 12.5 Å². The molecule has 0 radical (unpaired) electrons. The van der Waals surface area contributed by atoms with Gasteiger partial charge in [0.2, 0.25) is 5.88 Å². The smallest absolute Gasteiger partial charge is 0.425 e. The minimum absolute atomic E-state index is 0.132. The molecule has 0 spiro atoms. The van der Waals surface area contributed by atoms with Gasteiger partial charge in [-0.2, -0.15) is 18.2 Å². The van der Waals surface area contributed by atoms with Crippen molar-refractivity contribution in [3.63, 3.8) is 0 Å². The minimum atomic E-state index is -4.62. The van der Waals surface area contributed by atoms with Gasteiger partial charge >= 0.3 is 6.18 Å². The number of nitrogen functional groups attached to an aromatic ring is 1. The van der Waals surface area contributed by atoms with E-state index in [4.69, 9.17) is 5.84 Å². The highest BCUT2D eigenvalue weighted by atomic mass is 19.4. The quantitative estimate of drug-likeness (QED) is 0.579. The van der Waals surface area contributed by atoms with E-state index in [0.29, 0.717) is 0 Å². The number of aryl methyl sites for hydroxylation is 1. The Morgan fingerprint density at radius 3 is 2.33 bits per heavy atom. The van der Waals surface area contributed by atoms with Gasteiger partial charge < -0.3 is 10.2 Å². The Morgan fingerprint density at radius 1 is 1.33 bits per heavy atom. The number of hydrazine groups is 1. The molecule has 0 aliphatic carbocycles. The van der Waals surface area contributed by atoms with Crippen LogP contribution in [0.2, 0.25) is 0 Å². The predicted octanol–water partition coefficient (Wildman–Crippen LogP) is 1.10. The van der Waals surface area contributed by atoms with Crippen molar-refractivity contribution in [2.24, 2.45) is 5.84 Å². The monoisotopic (exact) mass is 222 g/mol. The summed E-state index contributed by atoms with van der Waals surface area (Å²) in [5.41, 5.74) is 0.754. The van der Waals surface area contributed by atoms with E-state index in [-0.39, 0.29) is 5.82 Å². The van der Waals surface area contributed by atoms with E-state index in [1.54, 1.807) is 0 Å². The van der Waals surface area contributed by atoms with Crippen molar-refractivity contribution in [3.8, 4) is 5.88 Å². The number of alkyl halides is 3. The van der Waals surface area contributed by atoms with Crippen LogP contribution in [-0.2, 0) is 6.18 Å². The van der Waals surface area contributed by atoms with E-state index in [2.05, 4.69) is 14.7 Å². The minimum Gasteiger partial charge on any atom is -0.480 e. The molecule has 5 nitrogen and oxygen atoms in total. The van der Waals surface area contributed by atoms with E-state index in [1.807, 2.05) is 5.43 Å². The number of halogens is 3. The van der Waals surface area contributed by atoms with Crippen LogP contribution < -0.4 is 16.0 Å². The summed E-state index contributed by atoms with van der Waals surface area (Å²) in [6.45, 7) is 1.43. The number of rotatable bonds is 2. The molecule has 8 heteroatoms. The molecule has 0 aliphatic heterocycles. The average molecular weight is 222 g/mol. The van der Waals surface area contributed by atoms with Crippen LogP contribution in [0.5, 0.6) is 5.88 Å². The summed E-state index contributed by atoms with van der Waals surface area (Å²) < 4.78 is 42.2. The normalized spacial score (nSPS) is 11.3. The largest absolute Gasteiger partial charge is 0.480 e. The molecule has 3 N–H and O–H groups in total. The van der Waals surface area contributed by atoms with Gasteiger partial charge in [0.05, 0.1) is 7.11 Å². The van der Waals surface area contributed by atoms with Gasteiger partial charge in [0.25, 0.3) is 0 Å². The van der Waals surface area contributed by atoms with E-state index in [9.17, 15) is 13.2 Å². The highest BCUT2D eigenvalue weighted by molar-refractivity contribution is 5.50. The molecule has 15 heavy (non-hydrogen) atoms. The standard InChI is InChI=1S/C7H9F3N4O/c1-3-12-5(14-11)4(7(8,9)10)6(13-3)15-2/h11H2,1-2H3,(H,12,13,14). The second-order valence-corrected chi connectivity index (χ2v) is 2.65. The third-order valence-electron chi connectivity index (χ3n) is 1.60. The Morgan fingerprint density at radius 2 is 1.93 bits per heavy atom. The zero-order valence-electron chi connectivity index (χ0n) is 8.01. The first-order chi connectivity index (χ1) is 6.90. The second-order valence-electron chi connectivity index (χ2n) is 2.65. The van der Waals surface area contributed by atoms with Gasteiger partial charge in [-0.25, -0.2) is 10.8 Å². The van der Waals surface area contributed by atoms with Crippen molar-refractivity contribution in [1.29, 1.82) is 0 Å². The summed E-state index contributed by atoms with van der Waals surface area (Å²) in [5.74, 6) is 4.02. The van der Waals surface area contributed by atoms with Gasteiger partial charge in [0, 0.05) is 0 Å². The fourth-order valence-electron chi connectivity index (χ4n) is 1.05. The average Bonchev–Trinajstić information content (AvgIpc) is 2.14. The third kappa shape index (κ3) is 2.27. The first-order valence-corrected chi connectivity index (χ1v) is 3.86. The first-order valence-electron chi connectivity index (χ1n) is 3.86. The number of ether oxygens (including phenoxy) is 1. The summed E-state index contributed by atoms with van der Waals surface area (Å²) in [4.78, 5) is 7.04. The highest BCUT2D eigenvalue weighted by Crippen LogP contribution is 2.38. The molecule has 0 aliphatic rings. The molecule has 1 rings (SSSR count). The van der Waals surface area contributed by atoms with Crippen molar-refractivity contribution >= 4 is 5.82 Å². The maximum Gasteiger partial charge on any atom is 0.425 e. The highest BCUT2D eigenvalue weighted by Gasteiger charge is 2.39. The second kappa shape index (κ2) is 3.89. The predicted molar refractivity (Wildman–Crippen MR) is 46.1 cm³/mol. The number of anilines is 1. The van der Waals surface area contributed by atoms with Crippen LogP contribution in [0.1, 0.15) is 11.4 Å². The number of methoxy groups -OCH3 is 1. The Labute approximate surface area is 83.4 Å². The SMILES string of the molecule is COc1nc(C)nc(NN)c1C(F)(F)F. The van der Waals surface area contributed by atoms with E-state index < -0.39 is 23.4 Å². The lowest BCUT2D eigenvalue weighted by Crippen LogP contribution is -2.19. The number of hydrogen-bond donors (Lipinski definition) is 2. The number of nitrogens with two attached hydrogens (primary N) is 1. The summed E-state index contributed by atoms with van der Waals surface area (Å²) in [5, 5.41) is 0. The van der Waals surface area contributed by atoms with Crippen LogP contribution in [0, 0.1) is 6.92 Å². The molecular formula is C7H9F3N4O. The summed E-state index contributed by atoms with van der Waals surface area (Å²) in [6, 6.07) is 0. The molecule has 0 fully saturated rings. The Hall–Kier alpha value is -1.57. The Balaban J connectivity index is 3.44. The number of aromatic nitrogens is 2. The molecule has 0 amide bonds. The zero-order valence-corrected chi connectivity index (χ0v) is 8.01. The number of nitrogens with one attached hydrogen (secondary N) is 1. The van der Waals surface area contributed by atoms with Crippen molar-refractivity contribution in [2.45, 2.75) is 13.1 Å². The molecular weight excluding hydrogens is 213 g/mol. The third-order valence-corrected chi connectivity index (χ3v) is 1.60. The fourth-order valence-corrected chi connectivity index (χ4v) is 1.05. The maximum absolute atomic E-state index is 12.6. The molecule has 0 bridgehead atoms. The maximum atomic E-state index is 12.6. The van der Waals surface area contributed by atoms with Crippen molar-refractivity contribution in [1.82, 2.24) is 9.97 Å². The van der Waals surface area contributed by atoms with Crippen LogP contribution in [0.3, 0.4) is 0 Å². The summed E-state index contributed by atoms with van der Waals surface area (Å²) in [7, 11) is 1.09. The molecule has 1 heterocycles. The first kappa shape index (κ1) is 11.5. The van der Waals surface area contributed by atoms with Gasteiger partial charge in [-0.05, 0) is 6.92 Å². The van der Waals surface area contributed by atoms with E-state index >= 15 is 0 Å². The van der Waals surface area contributed by atoms with Gasteiger partial charge in [-0.15, -0.1) is 0 Å². The van der Waals surface area contributed by atoms with Gasteiger partial charge in [0.1, 0.15) is 5.82 Å². The summed E-state index contributed by atoms with van der Waals surface area (Å²) in [6.07, 6.45) is -4.62. The Kier molecular flexibility index (Phi) is 2.98. The molecule has 0 saturated carbocycles. The van der Waals surface area contributed by atoms with Crippen LogP contribution in [-0.4, -0.2) is 17.1 Å². The van der Waals surface area contributed by atoms with Crippen LogP contribution >= 0.6 is 0 Å². The van der Waals surface area contributed by atoms with Gasteiger partial charge in [0.15, 0.2) is 11.4 Å². The van der Waals surface area contributed by atoms with Crippen molar-refractivity contribution < 1.29 is 17.9 Å². The molecule has 0 unspecified atom stereocenters. The van der Waals surface area contributed by atoms with Crippen molar-refractivity contribution in [3.05, 3.63) is 11.4 Å². The summed E-state index contributed by atoms with van der Waals surface area (Å²) >= 11 is 0. The Bertz CT molecular complexity index is 341. The number of hydrogen-bond acceptors (Lipinski definition) is 5. The van der Waals surface area contributed by atoms with E-state index in [0.717, 1.165) is 7.11 Å². The van der Waals surface area contributed by atoms with Gasteiger partial charge in [-0.3, -0.25) is 0 Å². The van der Waals surface area contributed by atoms with Crippen LogP contribution in [0.25, 0.3) is 0 Å². The number of nitrogens with zero attached hydrogens (tertiary/aromatic N) is 2. The van der Waals surface area contributed by atoms with Gasteiger partial charge in [-0.1, -0.05) is 0 Å². The molecule has 0 atom stereocenters. The molecule has 1 aromatic heterocycles. The molecule has 84 valence electrons. The van der Waals surface area contributed by atoms with Crippen LogP contribution in [0.4, 0.5) is 19.0 Å². The lowest BCUT2D eigenvalue weighted by molar-refractivity contribution is -0.138.